The van der Waals surface area contributed by atoms with Gasteiger partial charge >= 0.3 is 0 Å². The van der Waals surface area contributed by atoms with Crippen molar-refractivity contribution in [2.45, 2.75) is 25.2 Å². The Hall–Kier alpha value is -1.10. The summed E-state index contributed by atoms with van der Waals surface area (Å²) in [5.41, 5.74) is 7.87. The molecule has 4 heteroatoms. The molecular formula is C12H18N2O2. The van der Waals surface area contributed by atoms with Gasteiger partial charge in [0.2, 0.25) is 0 Å². The van der Waals surface area contributed by atoms with Crippen LogP contribution in [-0.2, 0) is 0 Å². The third kappa shape index (κ3) is 2.19. The minimum absolute atomic E-state index is 0.0313. The van der Waals surface area contributed by atoms with E-state index in [4.69, 9.17) is 5.73 Å². The summed E-state index contributed by atoms with van der Waals surface area (Å²) >= 11 is 0. The van der Waals surface area contributed by atoms with E-state index >= 15 is 0 Å². The van der Waals surface area contributed by atoms with Crippen LogP contribution in [0.5, 0.6) is 0 Å². The molecule has 1 aliphatic rings. The van der Waals surface area contributed by atoms with Crippen molar-refractivity contribution in [2.75, 3.05) is 18.0 Å². The predicted molar refractivity (Wildman–Crippen MR) is 63.3 cm³/mol. The molecule has 1 fully saturated rings. The average molecular weight is 222 g/mol. The summed E-state index contributed by atoms with van der Waals surface area (Å²) in [5.74, 6) is 0. The Morgan fingerprint density at radius 3 is 2.12 bits per heavy atom. The highest BCUT2D eigenvalue weighted by Crippen LogP contribution is 2.22. The van der Waals surface area contributed by atoms with E-state index in [2.05, 4.69) is 0 Å². The highest BCUT2D eigenvalue weighted by molar-refractivity contribution is 5.49. The van der Waals surface area contributed by atoms with Crippen LogP contribution in [0.25, 0.3) is 0 Å². The highest BCUT2D eigenvalue weighted by atomic mass is 16.3. The lowest BCUT2D eigenvalue weighted by Gasteiger charge is -2.18. The van der Waals surface area contributed by atoms with Crippen molar-refractivity contribution >= 4 is 5.69 Å². The molecule has 0 aliphatic carbocycles. The second kappa shape index (κ2) is 4.41. The van der Waals surface area contributed by atoms with Crippen LogP contribution in [-0.4, -0.2) is 35.5 Å². The maximum absolute atomic E-state index is 9.46. The Balaban J connectivity index is 2.11. The van der Waals surface area contributed by atoms with Crippen LogP contribution in [0.1, 0.15) is 18.5 Å². The van der Waals surface area contributed by atoms with Crippen LogP contribution in [0.2, 0.25) is 0 Å². The molecule has 1 aliphatic heterocycles. The first-order chi connectivity index (χ1) is 7.58. The fourth-order valence-corrected chi connectivity index (χ4v) is 1.97. The van der Waals surface area contributed by atoms with E-state index in [1.807, 2.05) is 36.1 Å². The molecule has 2 rings (SSSR count). The van der Waals surface area contributed by atoms with Gasteiger partial charge in [0, 0.05) is 24.8 Å². The van der Waals surface area contributed by atoms with Gasteiger partial charge in [-0.25, -0.2) is 0 Å². The molecule has 2 unspecified atom stereocenters. The molecule has 0 radical (unpaired) electrons. The Morgan fingerprint density at radius 2 is 1.69 bits per heavy atom. The summed E-state index contributed by atoms with van der Waals surface area (Å²) in [6.45, 7) is 2.91. The van der Waals surface area contributed by atoms with Crippen molar-refractivity contribution < 1.29 is 10.2 Å². The number of rotatable bonds is 2. The highest BCUT2D eigenvalue weighted by Gasteiger charge is 2.29. The predicted octanol–water partition coefficient (Wildman–Crippen LogP) is 0.248. The Kier molecular flexibility index (Phi) is 3.14. The van der Waals surface area contributed by atoms with E-state index in [0.29, 0.717) is 13.1 Å². The van der Waals surface area contributed by atoms with Crippen molar-refractivity contribution in [3.63, 3.8) is 0 Å². The molecule has 1 aromatic rings. The molecule has 88 valence electrons. The fourth-order valence-electron chi connectivity index (χ4n) is 1.97. The maximum Gasteiger partial charge on any atom is 0.0990 e. The van der Waals surface area contributed by atoms with Crippen molar-refractivity contribution in [3.05, 3.63) is 29.8 Å². The van der Waals surface area contributed by atoms with Gasteiger partial charge in [0.25, 0.3) is 0 Å². The molecule has 0 aromatic heterocycles. The zero-order valence-electron chi connectivity index (χ0n) is 9.37. The van der Waals surface area contributed by atoms with Gasteiger partial charge in [0.1, 0.15) is 0 Å². The quantitative estimate of drug-likeness (QED) is 0.671. The lowest BCUT2D eigenvalue weighted by atomic mass is 10.1. The lowest BCUT2D eigenvalue weighted by molar-refractivity contribution is 0.0572. The summed E-state index contributed by atoms with van der Waals surface area (Å²) in [5, 5.41) is 18.9. The Morgan fingerprint density at radius 1 is 1.19 bits per heavy atom. The number of anilines is 1. The summed E-state index contributed by atoms with van der Waals surface area (Å²) < 4.78 is 0. The molecule has 3 atom stereocenters. The van der Waals surface area contributed by atoms with E-state index < -0.39 is 12.2 Å². The standard InChI is InChI=1S/C12H18N2O2/c1-8(13)9-2-4-10(5-3-9)14-6-11(15)12(16)7-14/h2-5,8,11-12,15-16H,6-7,13H2,1H3/t8-,11?,12?/m1/s1. The number of β-amino-alcohol motifs (C(OH)–C–C–N with tert-alkyl or cyclic N) is 2. The van der Waals surface area contributed by atoms with Crippen LogP contribution in [0.3, 0.4) is 0 Å². The number of aliphatic hydroxyl groups is 2. The smallest absolute Gasteiger partial charge is 0.0990 e. The van der Waals surface area contributed by atoms with E-state index in [1.165, 1.54) is 0 Å². The molecule has 4 N–H and O–H groups in total. The summed E-state index contributed by atoms with van der Waals surface area (Å²) in [6.07, 6.45) is -1.29. The molecule has 1 aromatic carbocycles. The lowest BCUT2D eigenvalue weighted by Crippen LogP contribution is -2.22. The molecule has 4 nitrogen and oxygen atoms in total. The number of benzene rings is 1. The Labute approximate surface area is 95.3 Å². The summed E-state index contributed by atoms with van der Waals surface area (Å²) in [6, 6.07) is 7.95. The van der Waals surface area contributed by atoms with E-state index in [0.717, 1.165) is 11.3 Å². The number of hydrogen-bond donors (Lipinski definition) is 3. The third-order valence-electron chi connectivity index (χ3n) is 3.04. The van der Waals surface area contributed by atoms with Gasteiger partial charge in [-0.3, -0.25) is 0 Å². The Bertz CT molecular complexity index is 341. The summed E-state index contributed by atoms with van der Waals surface area (Å²) in [4.78, 5) is 1.97. The zero-order chi connectivity index (χ0) is 11.7. The number of aliphatic hydroxyl groups excluding tert-OH is 2. The van der Waals surface area contributed by atoms with Gasteiger partial charge in [-0.1, -0.05) is 12.1 Å². The molecule has 1 heterocycles. The van der Waals surface area contributed by atoms with Crippen LogP contribution in [0, 0.1) is 0 Å². The van der Waals surface area contributed by atoms with Gasteiger partial charge in [0.15, 0.2) is 0 Å². The normalized spacial score (nSPS) is 27.1. The SMILES string of the molecule is C[C@@H](N)c1ccc(N2CC(O)C(O)C2)cc1. The minimum atomic E-state index is -0.645. The molecule has 0 spiro atoms. The molecule has 0 amide bonds. The van der Waals surface area contributed by atoms with Gasteiger partial charge in [-0.05, 0) is 24.6 Å². The first kappa shape index (κ1) is 11.4. The van der Waals surface area contributed by atoms with E-state index in [1.54, 1.807) is 0 Å². The van der Waals surface area contributed by atoms with Gasteiger partial charge in [0.05, 0.1) is 12.2 Å². The molecule has 0 saturated carbocycles. The van der Waals surface area contributed by atoms with Gasteiger partial charge < -0.3 is 20.8 Å². The van der Waals surface area contributed by atoms with E-state index in [9.17, 15) is 10.2 Å². The first-order valence-electron chi connectivity index (χ1n) is 5.54. The average Bonchev–Trinajstić information content (AvgIpc) is 2.59. The van der Waals surface area contributed by atoms with Crippen molar-refractivity contribution in [2.24, 2.45) is 5.73 Å². The van der Waals surface area contributed by atoms with Gasteiger partial charge in [-0.15, -0.1) is 0 Å². The van der Waals surface area contributed by atoms with Crippen molar-refractivity contribution in [1.82, 2.24) is 0 Å². The largest absolute Gasteiger partial charge is 0.389 e. The number of nitrogens with zero attached hydrogens (tertiary/aromatic N) is 1. The van der Waals surface area contributed by atoms with Crippen LogP contribution >= 0.6 is 0 Å². The first-order valence-corrected chi connectivity index (χ1v) is 5.54. The van der Waals surface area contributed by atoms with Crippen LogP contribution in [0.15, 0.2) is 24.3 Å². The monoisotopic (exact) mass is 222 g/mol. The van der Waals surface area contributed by atoms with Crippen molar-refractivity contribution in [1.29, 1.82) is 0 Å². The molecular weight excluding hydrogens is 204 g/mol. The second-order valence-corrected chi connectivity index (χ2v) is 4.42. The molecule has 0 bridgehead atoms. The van der Waals surface area contributed by atoms with Crippen LogP contribution in [0.4, 0.5) is 5.69 Å². The topological polar surface area (TPSA) is 69.7 Å². The van der Waals surface area contributed by atoms with Crippen molar-refractivity contribution in [3.8, 4) is 0 Å². The zero-order valence-corrected chi connectivity index (χ0v) is 9.37. The number of hydrogen-bond acceptors (Lipinski definition) is 4. The fraction of sp³-hybridized carbons (Fsp3) is 0.500. The maximum atomic E-state index is 9.46. The minimum Gasteiger partial charge on any atom is -0.389 e. The summed E-state index contributed by atoms with van der Waals surface area (Å²) in [7, 11) is 0. The third-order valence-corrected chi connectivity index (χ3v) is 3.04. The molecule has 1 saturated heterocycles. The number of nitrogens with two attached hydrogens (primary N) is 1. The van der Waals surface area contributed by atoms with Gasteiger partial charge in [-0.2, -0.15) is 0 Å². The second-order valence-electron chi connectivity index (χ2n) is 4.42. The van der Waals surface area contributed by atoms with E-state index in [-0.39, 0.29) is 6.04 Å². The molecule has 16 heavy (non-hydrogen) atoms. The van der Waals surface area contributed by atoms with Crippen LogP contribution < -0.4 is 10.6 Å².